The van der Waals surface area contributed by atoms with Crippen LogP contribution in [-0.4, -0.2) is 41.9 Å². The lowest BCUT2D eigenvalue weighted by molar-refractivity contribution is -0.138. The molecule has 2 fully saturated rings. The Hall–Kier alpha value is -1.85. The molecule has 0 N–H and O–H groups in total. The van der Waals surface area contributed by atoms with Gasteiger partial charge in [0.25, 0.3) is 5.91 Å². The first-order valence-corrected chi connectivity index (χ1v) is 11.4. The van der Waals surface area contributed by atoms with E-state index >= 15 is 0 Å². The SMILES string of the molecule is CC1CC2OC3=C(C(=O)C2CC1C)C(c1ccc(Cl)cc1)N(CC1CCCO1)C3=O. The van der Waals surface area contributed by atoms with Crippen LogP contribution in [0.25, 0.3) is 0 Å². The molecule has 1 aromatic carbocycles. The van der Waals surface area contributed by atoms with Crippen molar-refractivity contribution in [2.45, 2.75) is 57.8 Å². The molecule has 5 nitrogen and oxygen atoms in total. The molecule has 3 heterocycles. The molecule has 1 saturated carbocycles. The second-order valence-electron chi connectivity index (χ2n) is 9.34. The van der Waals surface area contributed by atoms with Crippen LogP contribution in [0.3, 0.4) is 0 Å². The maximum absolute atomic E-state index is 13.7. The van der Waals surface area contributed by atoms with E-state index in [9.17, 15) is 9.59 Å². The van der Waals surface area contributed by atoms with Gasteiger partial charge in [-0.25, -0.2) is 0 Å². The van der Waals surface area contributed by atoms with Crippen molar-refractivity contribution in [1.82, 2.24) is 4.90 Å². The van der Waals surface area contributed by atoms with Gasteiger partial charge in [-0.05, 0) is 55.2 Å². The molecule has 6 unspecified atom stereocenters. The van der Waals surface area contributed by atoms with Crippen molar-refractivity contribution in [2.24, 2.45) is 17.8 Å². The minimum atomic E-state index is -0.433. The topological polar surface area (TPSA) is 55.8 Å². The van der Waals surface area contributed by atoms with Gasteiger partial charge in [-0.1, -0.05) is 37.6 Å². The Morgan fingerprint density at radius 3 is 2.53 bits per heavy atom. The molecule has 6 atom stereocenters. The standard InChI is InChI=1S/C24H28ClNO4/c1-13-10-18-19(11-14(13)2)30-23-20(22(18)27)21(15-5-7-16(25)8-6-15)26(24(23)28)12-17-4-3-9-29-17/h5-8,13-14,17-19,21H,3-4,9-12H2,1-2H3. The zero-order chi connectivity index (χ0) is 21.0. The monoisotopic (exact) mass is 429 g/mol. The molecule has 30 heavy (non-hydrogen) atoms. The molecule has 6 heteroatoms. The van der Waals surface area contributed by atoms with E-state index in [-0.39, 0.29) is 35.6 Å². The van der Waals surface area contributed by atoms with Gasteiger partial charge in [-0.15, -0.1) is 0 Å². The van der Waals surface area contributed by atoms with Crippen LogP contribution >= 0.6 is 11.6 Å². The molecule has 0 radical (unpaired) electrons. The fraction of sp³-hybridized carbons (Fsp3) is 0.583. The normalized spacial score (nSPS) is 36.0. The average Bonchev–Trinajstić information content (AvgIpc) is 3.33. The number of carbonyl (C=O) groups is 2. The highest BCUT2D eigenvalue weighted by molar-refractivity contribution is 6.30. The summed E-state index contributed by atoms with van der Waals surface area (Å²) in [5.41, 5.74) is 1.42. The van der Waals surface area contributed by atoms with Gasteiger partial charge in [0.05, 0.1) is 23.6 Å². The zero-order valence-corrected chi connectivity index (χ0v) is 18.2. The number of ketones is 1. The molecular weight excluding hydrogens is 402 g/mol. The summed E-state index contributed by atoms with van der Waals surface area (Å²) in [5.74, 6) is 0.950. The second-order valence-corrected chi connectivity index (χ2v) is 9.78. The average molecular weight is 430 g/mol. The van der Waals surface area contributed by atoms with E-state index in [0.717, 1.165) is 37.9 Å². The van der Waals surface area contributed by atoms with Crippen molar-refractivity contribution in [3.05, 3.63) is 46.2 Å². The van der Waals surface area contributed by atoms with Gasteiger partial charge in [0, 0.05) is 18.2 Å². The first-order chi connectivity index (χ1) is 14.4. The van der Waals surface area contributed by atoms with E-state index in [1.54, 1.807) is 4.90 Å². The van der Waals surface area contributed by atoms with Crippen molar-refractivity contribution < 1.29 is 19.1 Å². The number of nitrogens with zero attached hydrogens (tertiary/aromatic N) is 1. The van der Waals surface area contributed by atoms with E-state index in [4.69, 9.17) is 21.1 Å². The molecule has 0 aromatic heterocycles. The molecule has 4 aliphatic rings. The van der Waals surface area contributed by atoms with Gasteiger partial charge in [-0.2, -0.15) is 0 Å². The maximum atomic E-state index is 13.7. The van der Waals surface area contributed by atoms with Crippen LogP contribution in [0.5, 0.6) is 0 Å². The number of benzene rings is 1. The van der Waals surface area contributed by atoms with Crippen LogP contribution in [0.15, 0.2) is 35.6 Å². The third-order valence-electron chi connectivity index (χ3n) is 7.42. The lowest BCUT2D eigenvalue weighted by Gasteiger charge is -2.40. The van der Waals surface area contributed by atoms with Gasteiger partial charge in [-0.3, -0.25) is 9.59 Å². The zero-order valence-electron chi connectivity index (χ0n) is 17.5. The molecule has 1 aliphatic carbocycles. The first kappa shape index (κ1) is 20.1. The number of rotatable bonds is 3. The summed E-state index contributed by atoms with van der Waals surface area (Å²) in [7, 11) is 0. The van der Waals surface area contributed by atoms with Gasteiger partial charge < -0.3 is 14.4 Å². The fourth-order valence-electron chi connectivity index (χ4n) is 5.50. The Morgan fingerprint density at radius 2 is 1.83 bits per heavy atom. The Kier molecular flexibility index (Phi) is 5.14. The molecule has 1 amide bonds. The quantitative estimate of drug-likeness (QED) is 0.718. The summed E-state index contributed by atoms with van der Waals surface area (Å²) in [6, 6.07) is 7.00. The van der Waals surface area contributed by atoms with Crippen LogP contribution < -0.4 is 0 Å². The number of hydrogen-bond donors (Lipinski definition) is 0. The van der Waals surface area contributed by atoms with Crippen LogP contribution in [0.1, 0.15) is 51.1 Å². The van der Waals surface area contributed by atoms with Crippen LogP contribution in [0.4, 0.5) is 0 Å². The summed E-state index contributed by atoms with van der Waals surface area (Å²) in [4.78, 5) is 28.9. The van der Waals surface area contributed by atoms with Crippen LogP contribution in [0.2, 0.25) is 5.02 Å². The van der Waals surface area contributed by atoms with Gasteiger partial charge in [0.1, 0.15) is 6.10 Å². The lowest BCUT2D eigenvalue weighted by atomic mass is 9.70. The molecule has 160 valence electrons. The largest absolute Gasteiger partial charge is 0.483 e. The molecular formula is C24H28ClNO4. The molecule has 1 aromatic rings. The molecule has 1 saturated heterocycles. The van der Waals surface area contributed by atoms with E-state index in [0.29, 0.717) is 29.0 Å². The second kappa shape index (κ2) is 7.69. The number of halogens is 1. The minimum absolute atomic E-state index is 0.00234. The van der Waals surface area contributed by atoms with E-state index < -0.39 is 6.04 Å². The summed E-state index contributed by atoms with van der Waals surface area (Å²) in [5, 5.41) is 0.629. The van der Waals surface area contributed by atoms with Crippen molar-refractivity contribution in [2.75, 3.05) is 13.2 Å². The predicted octanol–water partition coefficient (Wildman–Crippen LogP) is 4.31. The number of carbonyl (C=O) groups excluding carboxylic acids is 2. The number of fused-ring (bicyclic) bond motifs is 1. The predicted molar refractivity (Wildman–Crippen MR) is 113 cm³/mol. The van der Waals surface area contributed by atoms with Gasteiger partial charge in [0.15, 0.2) is 11.5 Å². The van der Waals surface area contributed by atoms with Gasteiger partial charge in [0.2, 0.25) is 0 Å². The smallest absolute Gasteiger partial charge is 0.290 e. The van der Waals surface area contributed by atoms with E-state index in [1.165, 1.54) is 0 Å². The number of Topliss-reactive ketones (excluding diaryl/α,β-unsaturated/α-hetero) is 1. The highest BCUT2D eigenvalue weighted by atomic mass is 35.5. The summed E-state index contributed by atoms with van der Waals surface area (Å²) < 4.78 is 12.1. The molecule has 0 bridgehead atoms. The fourth-order valence-corrected chi connectivity index (χ4v) is 5.62. The molecule has 0 spiro atoms. The Bertz CT molecular complexity index is 889. The highest BCUT2D eigenvalue weighted by Crippen LogP contribution is 2.48. The lowest BCUT2D eigenvalue weighted by Crippen LogP contribution is -2.43. The molecule has 5 rings (SSSR count). The number of hydrogen-bond acceptors (Lipinski definition) is 4. The Morgan fingerprint density at radius 1 is 1.10 bits per heavy atom. The van der Waals surface area contributed by atoms with Crippen molar-refractivity contribution in [3.63, 3.8) is 0 Å². The molecule has 3 aliphatic heterocycles. The first-order valence-electron chi connectivity index (χ1n) is 11.1. The van der Waals surface area contributed by atoms with Crippen LogP contribution in [0, 0.1) is 17.8 Å². The Balaban J connectivity index is 1.54. The summed E-state index contributed by atoms with van der Waals surface area (Å²) >= 11 is 6.10. The van der Waals surface area contributed by atoms with Crippen molar-refractivity contribution in [3.8, 4) is 0 Å². The summed E-state index contributed by atoms with van der Waals surface area (Å²) in [6.45, 7) is 5.60. The highest BCUT2D eigenvalue weighted by Gasteiger charge is 2.53. The van der Waals surface area contributed by atoms with Crippen molar-refractivity contribution in [1.29, 1.82) is 0 Å². The number of amides is 1. The van der Waals surface area contributed by atoms with Gasteiger partial charge >= 0.3 is 0 Å². The van der Waals surface area contributed by atoms with Crippen LogP contribution in [-0.2, 0) is 19.1 Å². The van der Waals surface area contributed by atoms with E-state index in [2.05, 4.69) is 13.8 Å². The number of ether oxygens (including phenoxy) is 2. The maximum Gasteiger partial charge on any atom is 0.290 e. The third kappa shape index (κ3) is 3.27. The summed E-state index contributed by atoms with van der Waals surface area (Å²) in [6.07, 6.45) is 3.37. The van der Waals surface area contributed by atoms with E-state index in [1.807, 2.05) is 24.3 Å². The Labute approximate surface area is 182 Å². The third-order valence-corrected chi connectivity index (χ3v) is 7.67. The van der Waals surface area contributed by atoms with Crippen molar-refractivity contribution >= 4 is 23.3 Å². The minimum Gasteiger partial charge on any atom is -0.483 e.